The van der Waals surface area contributed by atoms with Crippen LogP contribution in [0.4, 0.5) is 0 Å². The Morgan fingerprint density at radius 1 is 1.25 bits per heavy atom. The summed E-state index contributed by atoms with van der Waals surface area (Å²) < 4.78 is 6.16. The van der Waals surface area contributed by atoms with Crippen LogP contribution in [-0.4, -0.2) is 35.3 Å². The Hall–Kier alpha value is -1.39. The fourth-order valence-corrected chi connectivity index (χ4v) is 3.68. The summed E-state index contributed by atoms with van der Waals surface area (Å²) in [5.41, 5.74) is 2.34. The van der Waals surface area contributed by atoms with E-state index in [1.807, 2.05) is 6.20 Å². The lowest BCUT2D eigenvalue weighted by Gasteiger charge is -2.33. The van der Waals surface area contributed by atoms with Gasteiger partial charge in [0.1, 0.15) is 5.65 Å². The van der Waals surface area contributed by atoms with E-state index in [1.165, 1.54) is 17.5 Å². The largest absolute Gasteiger partial charge is 0.375 e. The zero-order chi connectivity index (χ0) is 13.4. The summed E-state index contributed by atoms with van der Waals surface area (Å²) in [4.78, 5) is 7.90. The molecule has 0 amide bonds. The molecule has 2 aromatic heterocycles. The highest BCUT2D eigenvalue weighted by molar-refractivity contribution is 5.75. The molecule has 1 atom stereocenters. The molecule has 4 rings (SSSR count). The Kier molecular flexibility index (Phi) is 3.00. The molecule has 4 heteroatoms. The van der Waals surface area contributed by atoms with Crippen molar-refractivity contribution in [2.75, 3.05) is 19.7 Å². The first-order valence-electron chi connectivity index (χ1n) is 7.61. The maximum atomic E-state index is 6.16. The number of ether oxygens (including phenoxy) is 1. The minimum Gasteiger partial charge on any atom is -0.375 e. The monoisotopic (exact) mass is 271 g/mol. The maximum absolute atomic E-state index is 6.16. The topological polar surface area (TPSA) is 49.9 Å². The van der Waals surface area contributed by atoms with Crippen LogP contribution in [0.25, 0.3) is 11.0 Å². The highest BCUT2D eigenvalue weighted by atomic mass is 16.5. The van der Waals surface area contributed by atoms with Gasteiger partial charge in [0.25, 0.3) is 0 Å². The SMILES string of the molecule is c1cc2ccc(C[C@H]3COC4(CCNCC4)C3)nc2[nH]1. The van der Waals surface area contributed by atoms with Crippen LogP contribution in [0.2, 0.25) is 0 Å². The summed E-state index contributed by atoms with van der Waals surface area (Å²) in [6.45, 7) is 3.09. The van der Waals surface area contributed by atoms with Crippen molar-refractivity contribution < 1.29 is 4.74 Å². The Morgan fingerprint density at radius 2 is 2.15 bits per heavy atom. The summed E-state index contributed by atoms with van der Waals surface area (Å²) in [6.07, 6.45) is 6.49. The van der Waals surface area contributed by atoms with Crippen molar-refractivity contribution >= 4 is 11.0 Å². The third-order valence-corrected chi connectivity index (χ3v) is 4.77. The zero-order valence-corrected chi connectivity index (χ0v) is 11.7. The number of aromatic amines is 1. The van der Waals surface area contributed by atoms with E-state index in [2.05, 4.69) is 28.5 Å². The van der Waals surface area contributed by atoms with E-state index < -0.39 is 0 Å². The normalized spacial score (nSPS) is 25.5. The Morgan fingerprint density at radius 3 is 3.05 bits per heavy atom. The number of fused-ring (bicyclic) bond motifs is 1. The molecule has 0 aliphatic carbocycles. The number of hydrogen-bond donors (Lipinski definition) is 2. The average Bonchev–Trinajstić information content (AvgIpc) is 3.07. The molecule has 0 aromatic carbocycles. The molecule has 20 heavy (non-hydrogen) atoms. The number of pyridine rings is 1. The molecular formula is C16H21N3O. The fourth-order valence-electron chi connectivity index (χ4n) is 3.68. The summed E-state index contributed by atoms with van der Waals surface area (Å²) in [5.74, 6) is 0.619. The van der Waals surface area contributed by atoms with Gasteiger partial charge in [0, 0.05) is 17.3 Å². The Labute approximate surface area is 118 Å². The third kappa shape index (κ3) is 2.23. The predicted octanol–water partition coefficient (Wildman–Crippen LogP) is 2.26. The first-order valence-corrected chi connectivity index (χ1v) is 7.61. The van der Waals surface area contributed by atoms with E-state index in [9.17, 15) is 0 Å². The summed E-state index contributed by atoms with van der Waals surface area (Å²) >= 11 is 0. The molecule has 2 fully saturated rings. The van der Waals surface area contributed by atoms with Gasteiger partial charge >= 0.3 is 0 Å². The van der Waals surface area contributed by atoms with E-state index in [0.717, 1.165) is 44.6 Å². The van der Waals surface area contributed by atoms with E-state index >= 15 is 0 Å². The van der Waals surface area contributed by atoms with E-state index in [-0.39, 0.29) is 5.60 Å². The van der Waals surface area contributed by atoms with E-state index in [4.69, 9.17) is 9.72 Å². The minimum atomic E-state index is 0.159. The molecular weight excluding hydrogens is 250 g/mol. The molecule has 4 heterocycles. The molecule has 2 saturated heterocycles. The molecule has 2 aliphatic heterocycles. The molecule has 2 aromatic rings. The third-order valence-electron chi connectivity index (χ3n) is 4.77. The van der Waals surface area contributed by atoms with Crippen molar-refractivity contribution in [3.8, 4) is 0 Å². The number of piperidine rings is 1. The van der Waals surface area contributed by atoms with Crippen LogP contribution in [-0.2, 0) is 11.2 Å². The smallest absolute Gasteiger partial charge is 0.137 e. The second kappa shape index (κ2) is 4.86. The van der Waals surface area contributed by atoms with Crippen LogP contribution in [0.1, 0.15) is 25.0 Å². The molecule has 0 unspecified atom stereocenters. The van der Waals surface area contributed by atoms with E-state index in [0.29, 0.717) is 5.92 Å². The van der Waals surface area contributed by atoms with E-state index in [1.54, 1.807) is 0 Å². The van der Waals surface area contributed by atoms with Crippen LogP contribution in [0.3, 0.4) is 0 Å². The predicted molar refractivity (Wildman–Crippen MR) is 78.7 cm³/mol. The first kappa shape index (κ1) is 12.4. The second-order valence-electron chi connectivity index (χ2n) is 6.24. The molecule has 0 bridgehead atoms. The van der Waals surface area contributed by atoms with Crippen molar-refractivity contribution in [1.29, 1.82) is 0 Å². The zero-order valence-electron chi connectivity index (χ0n) is 11.7. The molecule has 1 spiro atoms. The lowest BCUT2D eigenvalue weighted by atomic mass is 9.85. The van der Waals surface area contributed by atoms with Crippen molar-refractivity contribution in [2.24, 2.45) is 5.92 Å². The highest BCUT2D eigenvalue weighted by Crippen LogP contribution is 2.38. The molecule has 106 valence electrons. The fraction of sp³-hybridized carbons (Fsp3) is 0.562. The van der Waals surface area contributed by atoms with Gasteiger partial charge in [0.2, 0.25) is 0 Å². The van der Waals surface area contributed by atoms with Crippen LogP contribution in [0, 0.1) is 5.92 Å². The van der Waals surface area contributed by atoms with Crippen molar-refractivity contribution in [1.82, 2.24) is 15.3 Å². The minimum absolute atomic E-state index is 0.159. The Balaban J connectivity index is 1.46. The van der Waals surface area contributed by atoms with Gasteiger partial charge in [0.15, 0.2) is 0 Å². The first-order chi connectivity index (χ1) is 9.83. The van der Waals surface area contributed by atoms with Gasteiger partial charge in [-0.3, -0.25) is 0 Å². The van der Waals surface area contributed by atoms with Crippen molar-refractivity contribution in [3.05, 3.63) is 30.1 Å². The van der Waals surface area contributed by atoms with Crippen LogP contribution in [0.5, 0.6) is 0 Å². The molecule has 4 nitrogen and oxygen atoms in total. The highest BCUT2D eigenvalue weighted by Gasteiger charge is 2.40. The molecule has 0 radical (unpaired) electrons. The van der Waals surface area contributed by atoms with Gasteiger partial charge in [-0.15, -0.1) is 0 Å². The van der Waals surface area contributed by atoms with Gasteiger partial charge < -0.3 is 15.0 Å². The average molecular weight is 271 g/mol. The van der Waals surface area contributed by atoms with Crippen molar-refractivity contribution in [3.63, 3.8) is 0 Å². The van der Waals surface area contributed by atoms with Gasteiger partial charge in [-0.2, -0.15) is 0 Å². The number of aromatic nitrogens is 2. The Bertz CT molecular complexity index is 601. The summed E-state index contributed by atoms with van der Waals surface area (Å²) in [7, 11) is 0. The van der Waals surface area contributed by atoms with Gasteiger partial charge in [-0.25, -0.2) is 4.98 Å². The summed E-state index contributed by atoms with van der Waals surface area (Å²) in [6, 6.07) is 6.38. The quantitative estimate of drug-likeness (QED) is 0.881. The molecule has 0 saturated carbocycles. The van der Waals surface area contributed by atoms with Gasteiger partial charge in [-0.05, 0) is 62.9 Å². The van der Waals surface area contributed by atoms with Gasteiger partial charge in [-0.1, -0.05) is 0 Å². The van der Waals surface area contributed by atoms with Crippen LogP contribution >= 0.6 is 0 Å². The number of nitrogens with one attached hydrogen (secondary N) is 2. The summed E-state index contributed by atoms with van der Waals surface area (Å²) in [5, 5.41) is 4.61. The van der Waals surface area contributed by atoms with Gasteiger partial charge in [0.05, 0.1) is 12.2 Å². The number of rotatable bonds is 2. The second-order valence-corrected chi connectivity index (χ2v) is 6.24. The molecule has 2 aliphatic rings. The number of nitrogens with zero attached hydrogens (tertiary/aromatic N) is 1. The van der Waals surface area contributed by atoms with Crippen molar-refractivity contribution in [2.45, 2.75) is 31.3 Å². The lowest BCUT2D eigenvalue weighted by molar-refractivity contribution is -0.0196. The lowest BCUT2D eigenvalue weighted by Crippen LogP contribution is -2.41. The van der Waals surface area contributed by atoms with Crippen LogP contribution in [0.15, 0.2) is 24.4 Å². The maximum Gasteiger partial charge on any atom is 0.137 e. The number of H-pyrrole nitrogens is 1. The standard InChI is InChI=1S/C16H21N3O/c1-2-14(19-15-13(1)3-6-18-15)9-12-10-16(20-11-12)4-7-17-8-5-16/h1-3,6,12,17H,4-5,7-11H2,(H,18,19)/t12-/m1/s1. The molecule has 2 N–H and O–H groups in total. The number of hydrogen-bond acceptors (Lipinski definition) is 3. The van der Waals surface area contributed by atoms with Crippen LogP contribution < -0.4 is 5.32 Å².